The normalized spacial score (nSPS) is 33.3. The predicted molar refractivity (Wildman–Crippen MR) is 456 cm³/mol. The first kappa shape index (κ1) is 117. The monoisotopic (exact) mass is 1960 g/mol. The maximum atomic E-state index is 13.3. The van der Waals surface area contributed by atoms with Crippen LogP contribution in [-0.4, -0.2) is 221 Å². The summed E-state index contributed by atoms with van der Waals surface area (Å²) in [6, 6.07) is 3.88. The number of hydrogen-bond acceptors (Lipinski definition) is 28. The summed E-state index contributed by atoms with van der Waals surface area (Å²) in [7, 11) is 0.675. The van der Waals surface area contributed by atoms with E-state index >= 15 is 0 Å². The summed E-state index contributed by atoms with van der Waals surface area (Å²) in [6.07, 6.45) is -27.8. The Bertz CT molecular complexity index is 3930. The Labute approximate surface area is 778 Å². The number of carbonyl (C=O) groups is 9. The van der Waals surface area contributed by atoms with Crippen LogP contribution in [0.15, 0.2) is 0 Å². The van der Waals surface area contributed by atoms with Crippen molar-refractivity contribution < 1.29 is 183 Å². The van der Waals surface area contributed by atoms with Gasteiger partial charge in [0.15, 0.2) is 48.6 Å². The van der Waals surface area contributed by atoms with Gasteiger partial charge in [-0.3, -0.25) is 33.6 Å². The molecule has 7 saturated carbocycles. The molecule has 20 atom stereocenters. The third-order valence-corrected chi connectivity index (χ3v) is 30.7. The number of aliphatic hydroxyl groups is 4. The van der Waals surface area contributed by atoms with Crippen LogP contribution in [0.2, 0.25) is 25.7 Å². The van der Waals surface area contributed by atoms with Gasteiger partial charge in [-0.05, 0) is 210 Å². The molecule has 0 radical (unpaired) electrons. The molecular formula is C93H145F12NO27Si. The molecule has 14 aliphatic rings. The van der Waals surface area contributed by atoms with Crippen LogP contribution in [0, 0.1) is 91.7 Å². The van der Waals surface area contributed by atoms with Crippen LogP contribution in [0.1, 0.15) is 281 Å². The van der Waals surface area contributed by atoms with Gasteiger partial charge < -0.3 is 86.7 Å². The second-order valence-corrected chi connectivity index (χ2v) is 49.5. The van der Waals surface area contributed by atoms with Crippen molar-refractivity contribution in [3.63, 3.8) is 0 Å². The van der Waals surface area contributed by atoms with E-state index in [2.05, 4.69) is 49.0 Å². The van der Waals surface area contributed by atoms with Gasteiger partial charge in [0.25, 0.3) is 11.2 Å². The molecule has 134 heavy (non-hydrogen) atoms. The fraction of sp³-hybridized carbons (Fsp3) is 0.892. The van der Waals surface area contributed by atoms with Crippen molar-refractivity contribution in [1.29, 1.82) is 5.26 Å². The second kappa shape index (κ2) is 42.4. The number of rotatable bonds is 19. The van der Waals surface area contributed by atoms with Crippen molar-refractivity contribution in [3.8, 4) is 6.07 Å². The predicted octanol–water partition coefficient (Wildman–Crippen LogP) is 17.2. The molecule has 7 aliphatic carbocycles. The fourth-order valence-corrected chi connectivity index (χ4v) is 21.2. The number of nitriles is 1. The Balaban J connectivity index is 0.000000247. The first-order valence-corrected chi connectivity index (χ1v) is 50.1. The zero-order chi connectivity index (χ0) is 103. The maximum Gasteiger partial charge on any atom is 0.426 e. The van der Waals surface area contributed by atoms with Gasteiger partial charge in [0, 0.05) is 45.1 Å². The summed E-state index contributed by atoms with van der Waals surface area (Å²) in [4.78, 5) is 105. The average molecular weight is 1970 g/mol. The fourth-order valence-electron chi connectivity index (χ4n) is 18.8. The maximum absolute atomic E-state index is 13.3. The molecular weight excluding hydrogens is 1820 g/mol. The number of cyclic esters (lactones) is 2. The smallest absolute Gasteiger partial charge is 0.426 e. The molecule has 0 aromatic heterocycles. The largest absolute Gasteiger partial charge is 0.469 e. The van der Waals surface area contributed by atoms with E-state index in [1.807, 2.05) is 55.4 Å². The SMILES string of the molecule is CC1C(=O)OC(=O)C1C.CCC(C)(C)C(=O)OC.CCC(C)(C)C(=O)OC12CC3CC(O)(CC(O)(C3)C1)C2.CCC(C)(C)C(=O)OC1CC(C(O)(C(F)(F)F)C(F)(F)F)CC(C(O)(C(F)(F)F)C(F)(F)F)C1.CCC(C)(C)C(=O)O[C@@H]1C(=O)O[C@@H]2[C@H]3OC(C)(C)O[C@H]3O[C@@H]21.CCC(C)(C)C(=O)O[C@@H]1C(=O)O[C@@H]2[C@H]3OC(C)(C)O[C@H]3O[C@@H]21.CCC(C)C[Si](C)(C)C.N#CC1CC2CCC1C2. The summed E-state index contributed by atoms with van der Waals surface area (Å²) < 4.78 is 235. The lowest BCUT2D eigenvalue weighted by molar-refractivity contribution is -0.405. The number of nitrogens with zero attached hydrogens (tertiary/aromatic N) is 1. The molecule has 28 nitrogen and oxygen atoms in total. The zero-order valence-corrected chi connectivity index (χ0v) is 83.4. The molecule has 14 rings (SSSR count). The van der Waals surface area contributed by atoms with Crippen molar-refractivity contribution in [2.24, 2.45) is 80.3 Å². The van der Waals surface area contributed by atoms with E-state index in [-0.39, 0.29) is 41.5 Å². The van der Waals surface area contributed by atoms with Crippen molar-refractivity contribution in [1.82, 2.24) is 0 Å². The second-order valence-electron chi connectivity index (χ2n) is 44.0. The molecule has 7 heterocycles. The van der Waals surface area contributed by atoms with Crippen LogP contribution in [0.3, 0.4) is 0 Å². The van der Waals surface area contributed by atoms with Gasteiger partial charge in [0.2, 0.25) is 12.2 Å². The molecule has 6 bridgehead atoms. The van der Waals surface area contributed by atoms with Crippen LogP contribution in [0.4, 0.5) is 52.7 Å². The molecule has 4 N–H and O–H groups in total. The lowest BCUT2D eigenvalue weighted by atomic mass is 9.50. The van der Waals surface area contributed by atoms with Gasteiger partial charge >= 0.3 is 78.4 Å². The quantitative estimate of drug-likeness (QED) is 0.0307. The number of halogens is 12. The molecule has 0 aromatic rings. The lowest BCUT2D eigenvalue weighted by Crippen LogP contribution is -2.67. The van der Waals surface area contributed by atoms with Gasteiger partial charge in [0.1, 0.15) is 23.9 Å². The van der Waals surface area contributed by atoms with Gasteiger partial charge in [-0.25, -0.2) is 9.59 Å². The summed E-state index contributed by atoms with van der Waals surface area (Å²) in [5.41, 5.74) is -17.4. The van der Waals surface area contributed by atoms with E-state index in [4.69, 9.17) is 62.1 Å². The molecule has 41 heteroatoms. The number of esters is 9. The van der Waals surface area contributed by atoms with Crippen LogP contribution in [0.25, 0.3) is 0 Å². The lowest BCUT2D eigenvalue weighted by Gasteiger charge is -2.62. The Hall–Kier alpha value is -6.10. The van der Waals surface area contributed by atoms with Gasteiger partial charge in [-0.1, -0.05) is 101 Å². The van der Waals surface area contributed by atoms with E-state index < -0.39 is 234 Å². The van der Waals surface area contributed by atoms with E-state index in [0.717, 1.165) is 49.9 Å². The summed E-state index contributed by atoms with van der Waals surface area (Å²) in [5, 5.41) is 49.2. The topological polar surface area (TPSA) is 388 Å². The van der Waals surface area contributed by atoms with Crippen molar-refractivity contribution in [2.45, 2.75) is 439 Å². The average Bonchev–Trinajstić information content (AvgIpc) is 1.02. The Morgan fingerprint density at radius 3 is 1.10 bits per heavy atom. The third-order valence-electron chi connectivity index (χ3n) is 28.8. The number of alkyl halides is 12. The van der Waals surface area contributed by atoms with Crippen LogP contribution in [0.5, 0.6) is 0 Å². The van der Waals surface area contributed by atoms with Crippen molar-refractivity contribution in [2.75, 3.05) is 7.11 Å². The summed E-state index contributed by atoms with van der Waals surface area (Å²) in [5.74, 6) is -9.95. The summed E-state index contributed by atoms with van der Waals surface area (Å²) in [6.45, 7) is 48.6. The molecule has 10 unspecified atom stereocenters. The van der Waals surface area contributed by atoms with E-state index in [9.17, 15) is 116 Å². The molecule has 14 fully saturated rings. The highest BCUT2D eigenvalue weighted by Crippen LogP contribution is 2.62. The Morgan fingerprint density at radius 1 is 0.478 bits per heavy atom. The van der Waals surface area contributed by atoms with E-state index in [1.165, 1.54) is 66.0 Å². The van der Waals surface area contributed by atoms with Crippen LogP contribution >= 0.6 is 0 Å². The first-order chi connectivity index (χ1) is 60.7. The molecule has 0 spiro atoms. The van der Waals surface area contributed by atoms with Gasteiger partial charge in [-0.15, -0.1) is 0 Å². The number of hydrogen-bond donors (Lipinski definition) is 4. The minimum atomic E-state index is -6.58. The van der Waals surface area contributed by atoms with Crippen molar-refractivity contribution >= 4 is 61.8 Å². The van der Waals surface area contributed by atoms with E-state index in [1.54, 1.807) is 69.2 Å². The standard InChI is InChI=1S/C18H22F12O4.C16H26O4.2C15H22O7.C8H11N.C8H20Si.C7H14O2.C6H8O3/c1-4-12(2,3)11(31)34-10-6-8(13(32,15(19,20)21)16(22,23)24)5-9(7-10)14(33,17(25,26)27)18(28,29)30;1-4-13(2,3)12(17)20-16-7-11-5-14(18,9-16)8-15(19,6-11)10-16;2*1-6-14(2,3)13(17)20-9-7-8(18-11(9)16)10-12(19-7)22-15(4,5)21-10;9-5-8-4-6-1-2-7(8)3-6;1-6-8(2)7-9(3,4)5;1-5-7(2,3)6(8)9-4;1-3-4(2)6(8)9-5(3)7/h8-10,32-33H,4-7H2,1-3H3;11,18-19H,4-10H2,1-3H3;2*7-10,12H,6H2,1-5H3;6-8H,1-4H2;8H,6-7H2,1-5H3;5H2,1-4H3;3-4H,1-2H3/t;;2*7-,8-,9-,10+,12+;;;;/m..00..../s1. The number of ether oxygens (including phenoxy) is 14. The van der Waals surface area contributed by atoms with Crippen molar-refractivity contribution in [3.05, 3.63) is 0 Å². The molecule has 7 aliphatic heterocycles. The molecule has 0 amide bonds. The molecule has 7 saturated heterocycles. The zero-order valence-electron chi connectivity index (χ0n) is 82.4. The number of carbonyl (C=O) groups excluding carboxylic acids is 9. The first-order valence-electron chi connectivity index (χ1n) is 46.4. The highest BCUT2D eigenvalue weighted by Gasteiger charge is 2.79. The minimum absolute atomic E-state index is 0.0184. The minimum Gasteiger partial charge on any atom is -0.469 e. The highest BCUT2D eigenvalue weighted by molar-refractivity contribution is 6.76. The highest BCUT2D eigenvalue weighted by atomic mass is 28.3. The van der Waals surface area contributed by atoms with E-state index in [0.29, 0.717) is 38.0 Å². The van der Waals surface area contributed by atoms with Gasteiger partial charge in [0.05, 0.1) is 63.3 Å². The Kier molecular flexibility index (Phi) is 36.9. The number of methoxy groups -OCH3 is 1. The van der Waals surface area contributed by atoms with Crippen LogP contribution in [-0.2, 0) is 109 Å². The van der Waals surface area contributed by atoms with Gasteiger partial charge in [-0.2, -0.15) is 57.9 Å². The molecule has 0 aromatic carbocycles. The third kappa shape index (κ3) is 27.2. The summed E-state index contributed by atoms with van der Waals surface area (Å²) >= 11 is 0. The number of fused-ring (bicyclic) bond motifs is 8. The Morgan fingerprint density at radius 2 is 0.836 bits per heavy atom. The van der Waals surface area contributed by atoms with Crippen LogP contribution < -0.4 is 0 Å². The molecule has 772 valence electrons.